The Bertz CT molecular complexity index is 508. The highest BCUT2D eigenvalue weighted by Gasteiger charge is 2.36. The predicted molar refractivity (Wildman–Crippen MR) is 81.2 cm³/mol. The van der Waals surface area contributed by atoms with Gasteiger partial charge < -0.3 is 19.7 Å². The van der Waals surface area contributed by atoms with Gasteiger partial charge in [0.05, 0.1) is 12.6 Å². The molecular weight excluding hydrogens is 268 g/mol. The van der Waals surface area contributed by atoms with Crippen molar-refractivity contribution in [1.29, 1.82) is 0 Å². The fraction of sp³-hybridized carbons (Fsp3) is 0.688. The number of urea groups is 1. The molecule has 1 heterocycles. The van der Waals surface area contributed by atoms with Gasteiger partial charge in [-0.25, -0.2) is 4.79 Å². The van der Waals surface area contributed by atoms with Crippen LogP contribution in [0.4, 0.5) is 4.79 Å². The third-order valence-corrected chi connectivity index (χ3v) is 4.07. The minimum absolute atomic E-state index is 0.0203. The number of likely N-dealkylation sites (N-methyl/N-ethyl adjacent to an activating group) is 1. The first kappa shape index (κ1) is 15.9. The maximum Gasteiger partial charge on any atom is 0.317 e. The average Bonchev–Trinajstić information content (AvgIpc) is 2.74. The molecule has 1 aromatic rings. The second-order valence-corrected chi connectivity index (χ2v) is 6.59. The number of amides is 2. The predicted octanol–water partition coefficient (Wildman–Crippen LogP) is 2.63. The Morgan fingerprint density at radius 1 is 1.57 bits per heavy atom. The fourth-order valence-corrected chi connectivity index (χ4v) is 3.08. The number of nitrogens with zero attached hydrogens (tertiary/aromatic N) is 1. The van der Waals surface area contributed by atoms with Crippen molar-refractivity contribution in [2.45, 2.75) is 46.6 Å². The molecule has 2 rings (SSSR count). The van der Waals surface area contributed by atoms with Gasteiger partial charge in [0.15, 0.2) is 0 Å². The smallest absolute Gasteiger partial charge is 0.317 e. The van der Waals surface area contributed by atoms with Crippen molar-refractivity contribution in [2.24, 2.45) is 5.41 Å². The lowest BCUT2D eigenvalue weighted by Crippen LogP contribution is -2.44. The summed E-state index contributed by atoms with van der Waals surface area (Å²) in [5.74, 6) is 1.87. The summed E-state index contributed by atoms with van der Waals surface area (Å²) in [6.07, 6.45) is 1.79. The Kier molecular flexibility index (Phi) is 4.61. The summed E-state index contributed by atoms with van der Waals surface area (Å²) in [6.45, 7) is 9.15. The molecule has 1 aromatic heterocycles. The number of hydrogen-bond acceptors (Lipinski definition) is 3. The molecule has 118 valence electrons. The van der Waals surface area contributed by atoms with Gasteiger partial charge in [-0.05, 0) is 31.7 Å². The number of furan rings is 1. The first-order chi connectivity index (χ1) is 9.86. The van der Waals surface area contributed by atoms with E-state index in [-0.39, 0.29) is 24.1 Å². The number of aliphatic hydroxyl groups is 1. The van der Waals surface area contributed by atoms with Crippen molar-refractivity contribution in [1.82, 2.24) is 10.2 Å². The van der Waals surface area contributed by atoms with Crippen molar-refractivity contribution in [3.05, 3.63) is 23.2 Å². The van der Waals surface area contributed by atoms with Crippen LogP contribution in [-0.2, 0) is 6.42 Å². The zero-order valence-corrected chi connectivity index (χ0v) is 13.4. The van der Waals surface area contributed by atoms with Gasteiger partial charge in [0, 0.05) is 25.1 Å². The van der Waals surface area contributed by atoms with E-state index in [2.05, 4.69) is 19.2 Å². The number of rotatable bonds is 4. The molecule has 0 saturated carbocycles. The Morgan fingerprint density at radius 2 is 2.29 bits per heavy atom. The molecular formula is C16H26N2O3. The van der Waals surface area contributed by atoms with E-state index in [1.54, 1.807) is 4.90 Å². The topological polar surface area (TPSA) is 65.7 Å². The van der Waals surface area contributed by atoms with E-state index in [1.165, 1.54) is 0 Å². The van der Waals surface area contributed by atoms with E-state index in [9.17, 15) is 4.79 Å². The maximum atomic E-state index is 12.3. The van der Waals surface area contributed by atoms with Crippen molar-refractivity contribution in [3.63, 3.8) is 0 Å². The van der Waals surface area contributed by atoms with Gasteiger partial charge >= 0.3 is 6.03 Å². The summed E-state index contributed by atoms with van der Waals surface area (Å²) in [4.78, 5) is 14.0. The number of carbonyl (C=O) groups is 1. The molecule has 21 heavy (non-hydrogen) atoms. The average molecular weight is 294 g/mol. The Labute approximate surface area is 126 Å². The van der Waals surface area contributed by atoms with Crippen LogP contribution in [-0.4, -0.2) is 35.7 Å². The van der Waals surface area contributed by atoms with Crippen LogP contribution < -0.4 is 5.32 Å². The lowest BCUT2D eigenvalue weighted by molar-refractivity contribution is 0.168. The Hall–Kier alpha value is -1.49. The molecule has 0 aliphatic heterocycles. The van der Waals surface area contributed by atoms with Gasteiger partial charge in [-0.3, -0.25) is 0 Å². The monoisotopic (exact) mass is 294 g/mol. The molecule has 1 aliphatic rings. The fourth-order valence-electron chi connectivity index (χ4n) is 3.08. The van der Waals surface area contributed by atoms with Crippen LogP contribution in [0.1, 0.15) is 50.3 Å². The highest BCUT2D eigenvalue weighted by Crippen LogP contribution is 2.42. The molecule has 1 atom stereocenters. The molecule has 0 radical (unpaired) electrons. The van der Waals surface area contributed by atoms with Gasteiger partial charge in [-0.1, -0.05) is 13.8 Å². The second-order valence-electron chi connectivity index (χ2n) is 6.59. The van der Waals surface area contributed by atoms with Gasteiger partial charge in [-0.2, -0.15) is 0 Å². The third-order valence-electron chi connectivity index (χ3n) is 4.07. The van der Waals surface area contributed by atoms with Crippen LogP contribution in [0.3, 0.4) is 0 Å². The molecule has 2 N–H and O–H groups in total. The van der Waals surface area contributed by atoms with E-state index >= 15 is 0 Å². The summed E-state index contributed by atoms with van der Waals surface area (Å²) in [6, 6.07) is 1.87. The molecule has 5 heteroatoms. The van der Waals surface area contributed by atoms with E-state index in [1.807, 2.05) is 19.9 Å². The number of nitrogens with one attached hydrogen (secondary N) is 1. The molecule has 0 fully saturated rings. The zero-order valence-electron chi connectivity index (χ0n) is 13.4. The normalized spacial score (nSPS) is 20.0. The molecule has 2 amide bonds. The third kappa shape index (κ3) is 3.59. The lowest BCUT2D eigenvalue weighted by Gasteiger charge is -2.35. The van der Waals surface area contributed by atoms with E-state index in [0.717, 1.165) is 29.9 Å². The zero-order chi connectivity index (χ0) is 15.6. The summed E-state index contributed by atoms with van der Waals surface area (Å²) < 4.78 is 5.78. The van der Waals surface area contributed by atoms with Crippen LogP contribution in [0, 0.1) is 12.3 Å². The van der Waals surface area contributed by atoms with Gasteiger partial charge in [0.1, 0.15) is 11.5 Å². The molecule has 0 saturated heterocycles. The molecule has 0 bridgehead atoms. The molecule has 5 nitrogen and oxygen atoms in total. The second kappa shape index (κ2) is 6.10. The van der Waals surface area contributed by atoms with Crippen LogP contribution in [0.5, 0.6) is 0 Å². The minimum Gasteiger partial charge on any atom is -0.466 e. The van der Waals surface area contributed by atoms with Crippen molar-refractivity contribution >= 4 is 6.03 Å². The molecule has 0 aromatic carbocycles. The number of carbonyl (C=O) groups excluding carboxylic acids is 1. The van der Waals surface area contributed by atoms with E-state index in [0.29, 0.717) is 13.1 Å². The first-order valence-electron chi connectivity index (χ1n) is 7.62. The number of aryl methyl sites for hydroxylation is 1. The highest BCUT2D eigenvalue weighted by atomic mass is 16.3. The molecule has 1 aliphatic carbocycles. The standard InChI is InChI=1S/C16H26N2O3/c1-5-18(6-7-19)15(20)17-13-9-16(3,4)10-14-12(13)8-11(2)21-14/h8,13,19H,5-7,9-10H2,1-4H3,(H,17,20). The SMILES string of the molecule is CCN(CCO)C(=O)NC1CC(C)(C)Cc2oc(C)cc21. The summed E-state index contributed by atoms with van der Waals surface area (Å²) in [7, 11) is 0. The van der Waals surface area contributed by atoms with E-state index < -0.39 is 0 Å². The number of aliphatic hydroxyl groups excluding tert-OH is 1. The Balaban J connectivity index is 2.17. The van der Waals surface area contributed by atoms with Crippen LogP contribution >= 0.6 is 0 Å². The lowest BCUT2D eigenvalue weighted by atomic mass is 9.75. The van der Waals surface area contributed by atoms with Crippen LogP contribution in [0.25, 0.3) is 0 Å². The van der Waals surface area contributed by atoms with E-state index in [4.69, 9.17) is 9.52 Å². The number of hydrogen-bond donors (Lipinski definition) is 2. The minimum atomic E-state index is -0.126. The molecule has 1 unspecified atom stereocenters. The summed E-state index contributed by atoms with van der Waals surface area (Å²) in [5, 5.41) is 12.1. The largest absolute Gasteiger partial charge is 0.466 e. The summed E-state index contributed by atoms with van der Waals surface area (Å²) >= 11 is 0. The van der Waals surface area contributed by atoms with Gasteiger partial charge in [0.25, 0.3) is 0 Å². The van der Waals surface area contributed by atoms with Crippen molar-refractivity contribution < 1.29 is 14.3 Å². The van der Waals surface area contributed by atoms with Crippen LogP contribution in [0.2, 0.25) is 0 Å². The van der Waals surface area contributed by atoms with Gasteiger partial charge in [0.2, 0.25) is 0 Å². The highest BCUT2D eigenvalue weighted by molar-refractivity contribution is 5.74. The van der Waals surface area contributed by atoms with Crippen molar-refractivity contribution in [2.75, 3.05) is 19.7 Å². The molecule has 0 spiro atoms. The van der Waals surface area contributed by atoms with Gasteiger partial charge in [-0.15, -0.1) is 0 Å². The van der Waals surface area contributed by atoms with Crippen LogP contribution in [0.15, 0.2) is 10.5 Å². The quantitative estimate of drug-likeness (QED) is 0.897. The Morgan fingerprint density at radius 3 is 2.90 bits per heavy atom. The van der Waals surface area contributed by atoms with Crippen molar-refractivity contribution in [3.8, 4) is 0 Å². The summed E-state index contributed by atoms with van der Waals surface area (Å²) in [5.41, 5.74) is 1.20. The maximum absolute atomic E-state index is 12.3. The number of fused-ring (bicyclic) bond motifs is 1. The first-order valence-corrected chi connectivity index (χ1v) is 7.62.